The van der Waals surface area contributed by atoms with E-state index in [0.29, 0.717) is 19.4 Å². The van der Waals surface area contributed by atoms with Crippen molar-refractivity contribution < 1.29 is 23.8 Å². The van der Waals surface area contributed by atoms with Crippen LogP contribution in [0.25, 0.3) is 0 Å². The minimum absolute atomic E-state index is 0.0608. The quantitative estimate of drug-likeness (QED) is 0.0346. The minimum atomic E-state index is -0.567. The van der Waals surface area contributed by atoms with Gasteiger partial charge in [-0.15, -0.1) is 0 Å². The van der Waals surface area contributed by atoms with Gasteiger partial charge in [0.1, 0.15) is 6.61 Å². The van der Waals surface area contributed by atoms with E-state index in [1.54, 1.807) is 0 Å². The molecule has 0 N–H and O–H groups in total. The van der Waals surface area contributed by atoms with Gasteiger partial charge in [0.15, 0.2) is 6.10 Å². The van der Waals surface area contributed by atoms with Crippen LogP contribution >= 0.6 is 0 Å². The van der Waals surface area contributed by atoms with Crippen LogP contribution in [0.3, 0.4) is 0 Å². The number of ether oxygens (including phenoxy) is 3. The Bertz CT molecular complexity index is 1270. The van der Waals surface area contributed by atoms with E-state index in [9.17, 15) is 9.59 Å². The molecule has 0 aromatic heterocycles. The van der Waals surface area contributed by atoms with Gasteiger partial charge in [-0.1, -0.05) is 221 Å². The summed E-state index contributed by atoms with van der Waals surface area (Å²) in [6.07, 6.45) is 75.7. The summed E-state index contributed by atoms with van der Waals surface area (Å²) in [6.45, 7) is 7.53. The van der Waals surface area contributed by atoms with Crippen molar-refractivity contribution in [2.24, 2.45) is 0 Å². The largest absolute Gasteiger partial charge is 0.462 e. The molecule has 0 amide bonds. The highest BCUT2D eigenvalue weighted by atomic mass is 16.6. The van der Waals surface area contributed by atoms with Crippen LogP contribution in [0.5, 0.6) is 0 Å². The molecule has 0 fully saturated rings. The topological polar surface area (TPSA) is 61.8 Å². The highest BCUT2D eigenvalue weighted by Crippen LogP contribution is 2.14. The smallest absolute Gasteiger partial charge is 0.306 e. The maximum Gasteiger partial charge on any atom is 0.306 e. The molecule has 0 saturated heterocycles. The number of rotatable bonds is 50. The average Bonchev–Trinajstić information content (AvgIpc) is 3.32. The number of esters is 2. The number of carbonyl (C=O) groups is 2. The lowest BCUT2D eigenvalue weighted by atomic mass is 10.1. The Labute approximate surface area is 409 Å². The zero-order valence-corrected chi connectivity index (χ0v) is 43.4. The molecule has 0 saturated carbocycles. The molecule has 0 heterocycles. The molecule has 0 aliphatic rings. The Morgan fingerprint density at radius 1 is 0.348 bits per heavy atom. The lowest BCUT2D eigenvalue weighted by Gasteiger charge is -2.18. The van der Waals surface area contributed by atoms with Gasteiger partial charge in [0.05, 0.1) is 6.61 Å². The van der Waals surface area contributed by atoms with Crippen molar-refractivity contribution in [2.75, 3.05) is 19.8 Å². The lowest BCUT2D eigenvalue weighted by molar-refractivity contribution is -0.163. The monoisotopic (exact) mass is 917 g/mol. The zero-order valence-electron chi connectivity index (χ0n) is 43.4. The van der Waals surface area contributed by atoms with Gasteiger partial charge in [-0.05, 0) is 116 Å². The molecule has 0 aliphatic heterocycles. The van der Waals surface area contributed by atoms with Crippen LogP contribution in [-0.4, -0.2) is 37.9 Å². The van der Waals surface area contributed by atoms with E-state index in [0.717, 1.165) is 109 Å². The third kappa shape index (κ3) is 53.4. The molecule has 378 valence electrons. The van der Waals surface area contributed by atoms with Gasteiger partial charge < -0.3 is 14.2 Å². The van der Waals surface area contributed by atoms with Gasteiger partial charge in [0, 0.05) is 19.4 Å². The van der Waals surface area contributed by atoms with Crippen LogP contribution in [0.4, 0.5) is 0 Å². The van der Waals surface area contributed by atoms with E-state index in [2.05, 4.69) is 118 Å². The Morgan fingerprint density at radius 3 is 1.11 bits per heavy atom. The van der Waals surface area contributed by atoms with E-state index in [-0.39, 0.29) is 25.2 Å². The summed E-state index contributed by atoms with van der Waals surface area (Å²) in [5.41, 5.74) is 0. The molecule has 1 atom stereocenters. The predicted molar refractivity (Wildman–Crippen MR) is 288 cm³/mol. The van der Waals surface area contributed by atoms with Crippen molar-refractivity contribution in [2.45, 2.75) is 258 Å². The van der Waals surface area contributed by atoms with Crippen molar-refractivity contribution in [3.63, 3.8) is 0 Å². The molecule has 0 radical (unpaired) electrons. The summed E-state index contributed by atoms with van der Waals surface area (Å²) in [5, 5.41) is 0. The zero-order chi connectivity index (χ0) is 47.7. The first-order valence-corrected chi connectivity index (χ1v) is 27.8. The normalized spacial score (nSPS) is 13.0. The molecule has 5 nitrogen and oxygen atoms in total. The molecule has 0 bridgehead atoms. The predicted octanol–water partition coefficient (Wildman–Crippen LogP) is 19.0. The highest BCUT2D eigenvalue weighted by molar-refractivity contribution is 5.70. The van der Waals surface area contributed by atoms with E-state index in [1.165, 1.54) is 109 Å². The van der Waals surface area contributed by atoms with Crippen molar-refractivity contribution in [1.82, 2.24) is 0 Å². The average molecular weight is 917 g/mol. The molecule has 5 heteroatoms. The van der Waals surface area contributed by atoms with Gasteiger partial charge in [-0.3, -0.25) is 9.59 Å². The molecular weight excluding hydrogens is 813 g/mol. The first kappa shape index (κ1) is 62.8. The van der Waals surface area contributed by atoms with Gasteiger partial charge in [-0.25, -0.2) is 0 Å². The SMILES string of the molecule is CC/C=C\C/C=C\C/C=C\C/C=C\CCCCCCC(=O)OC(COCCCCCC/C=C\C/C=C\C/C=C\CC)COC(=O)CCCCCCCCCCC/C=C\CCCCCCCC. The van der Waals surface area contributed by atoms with Crippen molar-refractivity contribution >= 4 is 11.9 Å². The standard InChI is InChI=1S/C61H104O5/c1-4-7-10-13-16-19-22-25-28-30-31-33-34-36-39-42-45-48-51-54-60(62)65-58-59(57-64-56-53-50-47-44-41-38-27-24-21-18-15-12-9-6-3)66-61(63)55-52-49-46-43-40-37-35-32-29-26-23-20-17-14-11-8-5-2/h8-9,11-12,17-18,20-21,25-29,35,37-38,59H,4-7,10,13-16,19,22-24,30-34,36,39-58H2,1-3H3/b11-8-,12-9-,20-17-,21-18-,28-25-,29-26-,37-35-,38-27-. The number of carbonyl (C=O) groups excluding carboxylic acids is 2. The number of allylic oxidation sites excluding steroid dienone is 16. The first-order valence-electron chi connectivity index (χ1n) is 27.8. The van der Waals surface area contributed by atoms with Gasteiger partial charge in [0.25, 0.3) is 0 Å². The summed E-state index contributed by atoms with van der Waals surface area (Å²) >= 11 is 0. The second kappa shape index (κ2) is 56.1. The minimum Gasteiger partial charge on any atom is -0.462 e. The summed E-state index contributed by atoms with van der Waals surface area (Å²) in [4.78, 5) is 25.5. The van der Waals surface area contributed by atoms with E-state index < -0.39 is 6.10 Å². The second-order valence-electron chi connectivity index (χ2n) is 18.1. The van der Waals surface area contributed by atoms with E-state index in [1.807, 2.05) is 0 Å². The van der Waals surface area contributed by atoms with Gasteiger partial charge >= 0.3 is 11.9 Å². The molecule has 1 unspecified atom stereocenters. The number of hydrogen-bond acceptors (Lipinski definition) is 5. The fraction of sp³-hybridized carbons (Fsp3) is 0.705. The van der Waals surface area contributed by atoms with Crippen LogP contribution in [0.2, 0.25) is 0 Å². The Hall–Kier alpha value is -3.18. The molecular formula is C61H104O5. The highest BCUT2D eigenvalue weighted by Gasteiger charge is 2.17. The van der Waals surface area contributed by atoms with Gasteiger partial charge in [0.2, 0.25) is 0 Å². The fourth-order valence-electron chi connectivity index (χ4n) is 7.51. The van der Waals surface area contributed by atoms with Crippen LogP contribution < -0.4 is 0 Å². The molecule has 0 rings (SSSR count). The summed E-state index contributed by atoms with van der Waals surface area (Å²) < 4.78 is 17.4. The third-order valence-corrected chi connectivity index (χ3v) is 11.6. The summed E-state index contributed by atoms with van der Waals surface area (Å²) in [7, 11) is 0. The van der Waals surface area contributed by atoms with Crippen LogP contribution in [-0.2, 0) is 23.8 Å². The van der Waals surface area contributed by atoms with Crippen molar-refractivity contribution in [3.05, 3.63) is 97.2 Å². The van der Waals surface area contributed by atoms with Crippen molar-refractivity contribution in [1.29, 1.82) is 0 Å². The molecule has 0 aromatic rings. The second-order valence-corrected chi connectivity index (χ2v) is 18.1. The molecule has 0 spiro atoms. The number of hydrogen-bond donors (Lipinski definition) is 0. The van der Waals surface area contributed by atoms with Gasteiger partial charge in [-0.2, -0.15) is 0 Å². The Morgan fingerprint density at radius 2 is 0.682 bits per heavy atom. The van der Waals surface area contributed by atoms with Crippen LogP contribution in [0, 0.1) is 0 Å². The maximum atomic E-state index is 12.8. The molecule has 0 aromatic carbocycles. The van der Waals surface area contributed by atoms with Crippen molar-refractivity contribution in [3.8, 4) is 0 Å². The fourth-order valence-corrected chi connectivity index (χ4v) is 7.51. The molecule has 66 heavy (non-hydrogen) atoms. The van der Waals surface area contributed by atoms with E-state index in [4.69, 9.17) is 14.2 Å². The maximum absolute atomic E-state index is 12.8. The summed E-state index contributed by atoms with van der Waals surface area (Å²) in [6, 6.07) is 0. The van der Waals surface area contributed by atoms with E-state index >= 15 is 0 Å². The number of unbranched alkanes of at least 4 members (excludes halogenated alkanes) is 23. The van der Waals surface area contributed by atoms with Crippen LogP contribution in [0.15, 0.2) is 97.2 Å². The third-order valence-electron chi connectivity index (χ3n) is 11.6. The van der Waals surface area contributed by atoms with Crippen LogP contribution in [0.1, 0.15) is 252 Å². The summed E-state index contributed by atoms with van der Waals surface area (Å²) in [5.74, 6) is -0.439. The lowest BCUT2D eigenvalue weighted by Crippen LogP contribution is -2.30. The Kier molecular flexibility index (Phi) is 53.4. The first-order chi connectivity index (χ1) is 32.6. The Balaban J connectivity index is 4.33. The molecule has 0 aliphatic carbocycles.